The Morgan fingerprint density at radius 3 is 2.62 bits per heavy atom. The van der Waals surface area contributed by atoms with Gasteiger partial charge in [-0.05, 0) is 42.7 Å². The number of benzene rings is 2. The van der Waals surface area contributed by atoms with Crippen LogP contribution in [-0.4, -0.2) is 35.0 Å². The second-order valence-electron chi connectivity index (χ2n) is 7.19. The highest BCUT2D eigenvalue weighted by molar-refractivity contribution is 5.94. The van der Waals surface area contributed by atoms with Crippen LogP contribution in [-0.2, 0) is 6.54 Å². The zero-order valence-electron chi connectivity index (χ0n) is 15.9. The SMILES string of the molecule is CN(Cc1ccc(C(=O)NC2CC2)cc1)C(=O)c1cc(-c2cccc(F)c2)no1. The van der Waals surface area contributed by atoms with Crippen molar-refractivity contribution < 1.29 is 18.5 Å². The van der Waals surface area contributed by atoms with Gasteiger partial charge in [-0.1, -0.05) is 29.4 Å². The Balaban J connectivity index is 1.40. The quantitative estimate of drug-likeness (QED) is 0.694. The molecule has 1 N–H and O–H groups in total. The van der Waals surface area contributed by atoms with Gasteiger partial charge in [0.1, 0.15) is 11.5 Å². The van der Waals surface area contributed by atoms with E-state index in [9.17, 15) is 14.0 Å². The molecule has 1 aromatic heterocycles. The van der Waals surface area contributed by atoms with Gasteiger partial charge in [-0.2, -0.15) is 0 Å². The zero-order chi connectivity index (χ0) is 20.4. The van der Waals surface area contributed by atoms with Gasteiger partial charge < -0.3 is 14.7 Å². The van der Waals surface area contributed by atoms with Crippen LogP contribution in [0, 0.1) is 5.82 Å². The van der Waals surface area contributed by atoms with Crippen LogP contribution in [0.5, 0.6) is 0 Å². The van der Waals surface area contributed by atoms with Gasteiger partial charge >= 0.3 is 0 Å². The maximum Gasteiger partial charge on any atom is 0.292 e. The summed E-state index contributed by atoms with van der Waals surface area (Å²) in [4.78, 5) is 26.2. The maximum atomic E-state index is 13.4. The number of nitrogens with zero attached hydrogens (tertiary/aromatic N) is 2. The van der Waals surface area contributed by atoms with Gasteiger partial charge in [0.25, 0.3) is 11.8 Å². The summed E-state index contributed by atoms with van der Waals surface area (Å²) in [7, 11) is 1.65. The van der Waals surface area contributed by atoms with Crippen LogP contribution in [0.2, 0.25) is 0 Å². The first-order valence-corrected chi connectivity index (χ1v) is 9.37. The predicted molar refractivity (Wildman–Crippen MR) is 105 cm³/mol. The number of aromatic nitrogens is 1. The molecule has 148 valence electrons. The van der Waals surface area contributed by atoms with Gasteiger partial charge in [-0.15, -0.1) is 0 Å². The third-order valence-electron chi connectivity index (χ3n) is 4.74. The average molecular weight is 393 g/mol. The molecule has 0 atom stereocenters. The second kappa shape index (κ2) is 7.87. The van der Waals surface area contributed by atoms with E-state index in [0.29, 0.717) is 29.4 Å². The molecule has 7 heteroatoms. The van der Waals surface area contributed by atoms with Crippen LogP contribution in [0.4, 0.5) is 4.39 Å². The summed E-state index contributed by atoms with van der Waals surface area (Å²) in [6.07, 6.45) is 2.08. The molecule has 1 heterocycles. The Morgan fingerprint density at radius 2 is 1.93 bits per heavy atom. The Labute approximate surface area is 167 Å². The van der Waals surface area contributed by atoms with Gasteiger partial charge in [0.05, 0.1) is 0 Å². The summed E-state index contributed by atoms with van der Waals surface area (Å²) < 4.78 is 18.5. The van der Waals surface area contributed by atoms with Crippen LogP contribution in [0.1, 0.15) is 39.3 Å². The molecule has 2 amide bonds. The van der Waals surface area contributed by atoms with E-state index in [1.165, 1.54) is 23.1 Å². The third kappa shape index (κ3) is 4.51. The lowest BCUT2D eigenvalue weighted by Gasteiger charge is -2.15. The van der Waals surface area contributed by atoms with Crippen molar-refractivity contribution in [2.45, 2.75) is 25.4 Å². The molecule has 4 rings (SSSR count). The fourth-order valence-electron chi connectivity index (χ4n) is 2.95. The lowest BCUT2D eigenvalue weighted by atomic mass is 10.1. The predicted octanol–water partition coefficient (Wildman–Crippen LogP) is 3.65. The van der Waals surface area contributed by atoms with Crippen molar-refractivity contribution in [1.29, 1.82) is 0 Å². The van der Waals surface area contributed by atoms with Crippen LogP contribution >= 0.6 is 0 Å². The molecular formula is C22H20FN3O3. The molecule has 0 unspecified atom stereocenters. The summed E-state index contributed by atoms with van der Waals surface area (Å²) >= 11 is 0. The molecular weight excluding hydrogens is 373 g/mol. The zero-order valence-corrected chi connectivity index (χ0v) is 15.9. The van der Waals surface area contributed by atoms with Crippen molar-refractivity contribution in [2.75, 3.05) is 7.05 Å². The van der Waals surface area contributed by atoms with Gasteiger partial charge in [0, 0.05) is 36.8 Å². The minimum Gasteiger partial charge on any atom is -0.350 e. The highest BCUT2D eigenvalue weighted by atomic mass is 19.1. The monoisotopic (exact) mass is 393 g/mol. The van der Waals surface area contributed by atoms with E-state index >= 15 is 0 Å². The molecule has 0 aliphatic heterocycles. The first-order chi connectivity index (χ1) is 14.0. The molecule has 2 aromatic carbocycles. The van der Waals surface area contributed by atoms with Gasteiger partial charge in [0.15, 0.2) is 0 Å². The summed E-state index contributed by atoms with van der Waals surface area (Å²) in [5.41, 5.74) is 2.42. The number of amides is 2. The molecule has 0 radical (unpaired) electrons. The van der Waals surface area contributed by atoms with Crippen molar-refractivity contribution >= 4 is 11.8 Å². The Kier molecular flexibility index (Phi) is 5.12. The molecule has 29 heavy (non-hydrogen) atoms. The first kappa shape index (κ1) is 18.9. The third-order valence-corrected chi connectivity index (χ3v) is 4.74. The molecule has 0 spiro atoms. The Hall–Kier alpha value is -3.48. The van der Waals surface area contributed by atoms with E-state index in [1.54, 1.807) is 31.3 Å². The van der Waals surface area contributed by atoms with Crippen LogP contribution in [0.15, 0.2) is 59.1 Å². The number of carbonyl (C=O) groups excluding carboxylic acids is 2. The van der Waals surface area contributed by atoms with Gasteiger partial charge in [0.2, 0.25) is 5.76 Å². The van der Waals surface area contributed by atoms with E-state index in [2.05, 4.69) is 10.5 Å². The number of rotatable bonds is 6. The molecule has 3 aromatic rings. The van der Waals surface area contributed by atoms with Crippen molar-refractivity contribution in [3.63, 3.8) is 0 Å². The van der Waals surface area contributed by atoms with E-state index in [4.69, 9.17) is 4.52 Å². The molecule has 1 fully saturated rings. The van der Waals surface area contributed by atoms with E-state index in [1.807, 2.05) is 12.1 Å². The first-order valence-electron chi connectivity index (χ1n) is 9.37. The Morgan fingerprint density at radius 1 is 1.17 bits per heavy atom. The van der Waals surface area contributed by atoms with Gasteiger partial charge in [-0.25, -0.2) is 4.39 Å². The van der Waals surface area contributed by atoms with E-state index in [-0.39, 0.29) is 23.4 Å². The summed E-state index contributed by atoms with van der Waals surface area (Å²) in [5, 5.41) is 6.81. The van der Waals surface area contributed by atoms with Crippen molar-refractivity contribution in [3.05, 3.63) is 77.3 Å². The Bertz CT molecular complexity index is 1040. The average Bonchev–Trinajstić information content (AvgIpc) is 3.39. The molecule has 0 bridgehead atoms. The van der Waals surface area contributed by atoms with E-state index in [0.717, 1.165) is 18.4 Å². The minimum absolute atomic E-state index is 0.0741. The largest absolute Gasteiger partial charge is 0.350 e. The summed E-state index contributed by atoms with van der Waals surface area (Å²) in [6, 6.07) is 14.9. The lowest BCUT2D eigenvalue weighted by Crippen LogP contribution is -2.26. The van der Waals surface area contributed by atoms with Gasteiger partial charge in [-0.3, -0.25) is 9.59 Å². The van der Waals surface area contributed by atoms with Crippen molar-refractivity contribution in [3.8, 4) is 11.3 Å². The standard InChI is InChI=1S/C22H20FN3O3/c1-26(13-14-5-7-15(8-6-14)21(27)24-18-9-10-18)22(28)20-12-19(25-29-20)16-3-2-4-17(23)11-16/h2-8,11-12,18H,9-10,13H2,1H3,(H,24,27). The fraction of sp³-hybridized carbons (Fsp3) is 0.227. The fourth-order valence-corrected chi connectivity index (χ4v) is 2.95. The maximum absolute atomic E-state index is 13.4. The highest BCUT2D eigenvalue weighted by Crippen LogP contribution is 2.21. The molecule has 6 nitrogen and oxygen atoms in total. The molecule has 1 aliphatic carbocycles. The van der Waals surface area contributed by atoms with Crippen LogP contribution < -0.4 is 5.32 Å². The van der Waals surface area contributed by atoms with Crippen molar-refractivity contribution in [1.82, 2.24) is 15.4 Å². The highest BCUT2D eigenvalue weighted by Gasteiger charge is 2.24. The van der Waals surface area contributed by atoms with Crippen LogP contribution in [0.3, 0.4) is 0 Å². The minimum atomic E-state index is -0.384. The summed E-state index contributed by atoms with van der Waals surface area (Å²) in [6.45, 7) is 0.347. The van der Waals surface area contributed by atoms with Crippen LogP contribution in [0.25, 0.3) is 11.3 Å². The molecule has 1 aliphatic rings. The molecule has 1 saturated carbocycles. The number of hydrogen-bond donors (Lipinski definition) is 1. The number of hydrogen-bond acceptors (Lipinski definition) is 4. The topological polar surface area (TPSA) is 75.4 Å². The number of halogens is 1. The summed E-state index contributed by atoms with van der Waals surface area (Å²) in [5.74, 6) is -0.720. The second-order valence-corrected chi connectivity index (χ2v) is 7.19. The number of carbonyl (C=O) groups is 2. The normalized spacial score (nSPS) is 13.2. The molecule has 0 saturated heterocycles. The van der Waals surface area contributed by atoms with E-state index < -0.39 is 0 Å². The lowest BCUT2D eigenvalue weighted by molar-refractivity contribution is 0.0743. The smallest absolute Gasteiger partial charge is 0.292 e. The van der Waals surface area contributed by atoms with Crippen molar-refractivity contribution in [2.24, 2.45) is 0 Å². The number of nitrogens with one attached hydrogen (secondary N) is 1.